The largest absolute Gasteiger partial charge is 0.383 e. The molecule has 2 aromatic rings. The van der Waals surface area contributed by atoms with Gasteiger partial charge in [-0.3, -0.25) is 4.98 Å². The highest BCUT2D eigenvalue weighted by Crippen LogP contribution is 2.28. The molecule has 2 heterocycles. The van der Waals surface area contributed by atoms with E-state index in [9.17, 15) is 0 Å². The third-order valence-corrected chi connectivity index (χ3v) is 4.88. The van der Waals surface area contributed by atoms with Crippen molar-refractivity contribution < 1.29 is 0 Å². The summed E-state index contributed by atoms with van der Waals surface area (Å²) in [6.45, 7) is 1.03. The minimum atomic E-state index is 0.735. The molecular formula is C14H15ClN2S. The van der Waals surface area contributed by atoms with Gasteiger partial charge in [0.25, 0.3) is 0 Å². The maximum atomic E-state index is 5.99. The molecule has 1 aromatic heterocycles. The summed E-state index contributed by atoms with van der Waals surface area (Å²) in [5.41, 5.74) is 2.11. The van der Waals surface area contributed by atoms with Gasteiger partial charge < -0.3 is 5.32 Å². The molecule has 94 valence electrons. The van der Waals surface area contributed by atoms with Crippen LogP contribution in [-0.4, -0.2) is 22.5 Å². The van der Waals surface area contributed by atoms with Gasteiger partial charge in [0, 0.05) is 34.1 Å². The van der Waals surface area contributed by atoms with E-state index in [2.05, 4.69) is 22.1 Å². The first-order chi connectivity index (χ1) is 8.83. The Labute approximate surface area is 116 Å². The highest BCUT2D eigenvalue weighted by Gasteiger charge is 2.15. The van der Waals surface area contributed by atoms with Crippen LogP contribution in [0.25, 0.3) is 10.9 Å². The van der Waals surface area contributed by atoms with Gasteiger partial charge in [-0.15, -0.1) is 0 Å². The van der Waals surface area contributed by atoms with Crippen LogP contribution in [-0.2, 0) is 0 Å². The van der Waals surface area contributed by atoms with Gasteiger partial charge in [-0.2, -0.15) is 11.8 Å². The van der Waals surface area contributed by atoms with Crippen molar-refractivity contribution in [2.45, 2.75) is 18.1 Å². The highest BCUT2D eigenvalue weighted by molar-refractivity contribution is 8.00. The number of hydrogen-bond acceptors (Lipinski definition) is 3. The van der Waals surface area contributed by atoms with Gasteiger partial charge in [-0.25, -0.2) is 0 Å². The van der Waals surface area contributed by atoms with E-state index in [1.807, 2.05) is 30.5 Å². The van der Waals surface area contributed by atoms with Gasteiger partial charge in [-0.1, -0.05) is 11.6 Å². The van der Waals surface area contributed by atoms with E-state index < -0.39 is 0 Å². The predicted octanol–water partition coefficient (Wildman–Crippen LogP) is 4.20. The number of anilines is 1. The van der Waals surface area contributed by atoms with E-state index in [0.29, 0.717) is 0 Å². The highest BCUT2D eigenvalue weighted by atomic mass is 35.5. The van der Waals surface area contributed by atoms with Crippen LogP contribution in [0, 0.1) is 0 Å². The van der Waals surface area contributed by atoms with Crippen molar-refractivity contribution in [3.63, 3.8) is 0 Å². The molecule has 1 aliphatic rings. The molecule has 1 unspecified atom stereocenters. The molecule has 2 nitrogen and oxygen atoms in total. The molecule has 0 aliphatic carbocycles. The summed E-state index contributed by atoms with van der Waals surface area (Å²) in [5, 5.41) is 6.17. The van der Waals surface area contributed by atoms with Gasteiger partial charge in [-0.05, 0) is 42.9 Å². The Morgan fingerprint density at radius 1 is 1.39 bits per heavy atom. The zero-order valence-corrected chi connectivity index (χ0v) is 11.6. The zero-order valence-electron chi connectivity index (χ0n) is 10.0. The number of fused-ring (bicyclic) bond motifs is 1. The molecule has 3 rings (SSSR count). The number of thioether (sulfide) groups is 1. The maximum Gasteiger partial charge on any atom is 0.0737 e. The topological polar surface area (TPSA) is 24.9 Å². The normalized spacial score (nSPS) is 19.3. The van der Waals surface area contributed by atoms with Gasteiger partial charge in [0.05, 0.1) is 5.52 Å². The monoisotopic (exact) mass is 278 g/mol. The van der Waals surface area contributed by atoms with Crippen LogP contribution in [0.4, 0.5) is 5.69 Å². The van der Waals surface area contributed by atoms with Crippen molar-refractivity contribution in [3.05, 3.63) is 35.5 Å². The second-order valence-corrected chi connectivity index (χ2v) is 6.38. The van der Waals surface area contributed by atoms with Gasteiger partial charge in [0.15, 0.2) is 0 Å². The molecule has 0 spiro atoms. The van der Waals surface area contributed by atoms with E-state index in [0.717, 1.165) is 33.4 Å². The summed E-state index contributed by atoms with van der Waals surface area (Å²) < 4.78 is 0. The van der Waals surface area contributed by atoms with E-state index >= 15 is 0 Å². The Morgan fingerprint density at radius 3 is 3.17 bits per heavy atom. The number of pyridine rings is 1. The molecule has 1 aromatic carbocycles. The summed E-state index contributed by atoms with van der Waals surface area (Å²) in [4.78, 5) is 4.35. The standard InChI is InChI=1S/C14H15ClN2S/c15-10-3-4-12-13(5-6-16-14(12)8-10)17-9-11-2-1-7-18-11/h3-6,8,11H,1-2,7,9H2,(H,16,17). The van der Waals surface area contributed by atoms with Gasteiger partial charge in [0.1, 0.15) is 0 Å². The molecule has 0 amide bonds. The van der Waals surface area contributed by atoms with Crippen molar-refractivity contribution >= 4 is 40.0 Å². The van der Waals surface area contributed by atoms with E-state index in [-0.39, 0.29) is 0 Å². The SMILES string of the molecule is Clc1ccc2c(NCC3CCCS3)ccnc2c1. The van der Waals surface area contributed by atoms with E-state index in [1.165, 1.54) is 18.6 Å². The third-order valence-electron chi connectivity index (χ3n) is 3.25. The smallest absolute Gasteiger partial charge is 0.0737 e. The van der Waals surface area contributed by atoms with Gasteiger partial charge >= 0.3 is 0 Å². The molecule has 1 N–H and O–H groups in total. The summed E-state index contributed by atoms with van der Waals surface area (Å²) in [5.74, 6) is 1.30. The summed E-state index contributed by atoms with van der Waals surface area (Å²) in [7, 11) is 0. The molecule has 1 fully saturated rings. The van der Waals surface area contributed by atoms with E-state index in [1.54, 1.807) is 0 Å². The van der Waals surface area contributed by atoms with Crippen LogP contribution < -0.4 is 5.32 Å². The van der Waals surface area contributed by atoms with Crippen molar-refractivity contribution in [1.29, 1.82) is 0 Å². The average molecular weight is 279 g/mol. The van der Waals surface area contributed by atoms with Crippen LogP contribution in [0.2, 0.25) is 5.02 Å². The van der Waals surface area contributed by atoms with Gasteiger partial charge in [0.2, 0.25) is 0 Å². The molecule has 0 bridgehead atoms. The number of nitrogens with zero attached hydrogens (tertiary/aromatic N) is 1. The summed E-state index contributed by atoms with van der Waals surface area (Å²) in [6, 6.07) is 7.90. The molecule has 1 aliphatic heterocycles. The number of benzene rings is 1. The minimum absolute atomic E-state index is 0.735. The summed E-state index contributed by atoms with van der Waals surface area (Å²) >= 11 is 8.06. The third kappa shape index (κ3) is 2.57. The average Bonchev–Trinajstić information content (AvgIpc) is 2.89. The number of nitrogens with one attached hydrogen (secondary N) is 1. The number of halogens is 1. The second-order valence-electron chi connectivity index (χ2n) is 4.54. The fourth-order valence-corrected chi connectivity index (χ4v) is 3.67. The van der Waals surface area contributed by atoms with Crippen LogP contribution in [0.15, 0.2) is 30.5 Å². The predicted molar refractivity (Wildman–Crippen MR) is 80.7 cm³/mol. The van der Waals surface area contributed by atoms with Crippen molar-refractivity contribution in [2.75, 3.05) is 17.6 Å². The molecule has 0 saturated carbocycles. The number of hydrogen-bond donors (Lipinski definition) is 1. The fraction of sp³-hybridized carbons (Fsp3) is 0.357. The lowest BCUT2D eigenvalue weighted by molar-refractivity contribution is 0.806. The molecular weight excluding hydrogens is 264 g/mol. The fourth-order valence-electron chi connectivity index (χ4n) is 2.30. The van der Waals surface area contributed by atoms with Crippen molar-refractivity contribution in [2.24, 2.45) is 0 Å². The quantitative estimate of drug-likeness (QED) is 0.911. The number of rotatable bonds is 3. The molecule has 0 radical (unpaired) electrons. The Kier molecular flexibility index (Phi) is 3.62. The van der Waals surface area contributed by atoms with Crippen molar-refractivity contribution in [1.82, 2.24) is 4.98 Å². The van der Waals surface area contributed by atoms with Crippen LogP contribution >= 0.6 is 23.4 Å². The Balaban J connectivity index is 1.82. The Morgan fingerprint density at radius 2 is 2.33 bits per heavy atom. The molecule has 18 heavy (non-hydrogen) atoms. The zero-order chi connectivity index (χ0) is 12.4. The van der Waals surface area contributed by atoms with Crippen molar-refractivity contribution in [3.8, 4) is 0 Å². The van der Waals surface area contributed by atoms with Crippen LogP contribution in [0.3, 0.4) is 0 Å². The molecule has 1 atom stereocenters. The lowest BCUT2D eigenvalue weighted by Gasteiger charge is -2.13. The molecule has 1 saturated heterocycles. The lowest BCUT2D eigenvalue weighted by atomic mass is 10.2. The first-order valence-corrected chi connectivity index (χ1v) is 7.65. The first kappa shape index (κ1) is 12.1. The van der Waals surface area contributed by atoms with Crippen LogP contribution in [0.1, 0.15) is 12.8 Å². The summed E-state index contributed by atoms with van der Waals surface area (Å²) in [6.07, 6.45) is 4.51. The lowest BCUT2D eigenvalue weighted by Crippen LogP contribution is -2.13. The second kappa shape index (κ2) is 5.37. The number of aromatic nitrogens is 1. The molecule has 4 heteroatoms. The maximum absolute atomic E-state index is 5.99. The minimum Gasteiger partial charge on any atom is -0.383 e. The van der Waals surface area contributed by atoms with E-state index in [4.69, 9.17) is 11.6 Å². The first-order valence-electron chi connectivity index (χ1n) is 6.23. The Bertz CT molecular complexity index is 552. The van der Waals surface area contributed by atoms with Crippen LogP contribution in [0.5, 0.6) is 0 Å². The Hall–Kier alpha value is -0.930.